The molecule has 0 aromatic heterocycles. The summed E-state index contributed by atoms with van der Waals surface area (Å²) < 4.78 is 44.2. The topological polar surface area (TPSA) is 83.0 Å². The maximum atomic E-state index is 13.8. The predicted molar refractivity (Wildman–Crippen MR) is 121 cm³/mol. The van der Waals surface area contributed by atoms with Crippen molar-refractivity contribution in [3.8, 4) is 5.75 Å². The molecular formula is C22H29FN4O3S. The van der Waals surface area contributed by atoms with Crippen molar-refractivity contribution in [2.75, 3.05) is 43.9 Å². The van der Waals surface area contributed by atoms with E-state index in [0.717, 1.165) is 37.0 Å². The molecular weight excluding hydrogens is 419 g/mol. The molecule has 2 aromatic carbocycles. The SMILES string of the molecule is CCNC(=NCCS(=O)(=O)c1ccccc1F)NC1CCN(c2ccccc2OC)C1. The molecule has 2 aromatic rings. The first-order valence-corrected chi connectivity index (χ1v) is 12.0. The lowest BCUT2D eigenvalue weighted by atomic mass is 10.2. The van der Waals surface area contributed by atoms with Crippen LogP contribution in [0.1, 0.15) is 13.3 Å². The second kappa shape index (κ2) is 10.5. The van der Waals surface area contributed by atoms with Gasteiger partial charge < -0.3 is 20.3 Å². The second-order valence-corrected chi connectivity index (χ2v) is 9.34. The summed E-state index contributed by atoms with van der Waals surface area (Å²) in [5.41, 5.74) is 1.05. The Morgan fingerprint density at radius 1 is 1.23 bits per heavy atom. The number of nitrogens with zero attached hydrogens (tertiary/aromatic N) is 2. The van der Waals surface area contributed by atoms with Crippen molar-refractivity contribution in [2.24, 2.45) is 4.99 Å². The van der Waals surface area contributed by atoms with Crippen molar-refractivity contribution < 1.29 is 17.5 Å². The molecule has 9 heteroatoms. The molecule has 1 saturated heterocycles. The molecule has 1 heterocycles. The molecule has 1 aliphatic heterocycles. The molecule has 0 saturated carbocycles. The van der Waals surface area contributed by atoms with E-state index in [9.17, 15) is 12.8 Å². The number of nitrogens with one attached hydrogen (secondary N) is 2. The first-order valence-electron chi connectivity index (χ1n) is 10.3. The number of methoxy groups -OCH3 is 1. The summed E-state index contributed by atoms with van der Waals surface area (Å²) in [5, 5.41) is 6.53. The average molecular weight is 449 g/mol. The normalized spacial score (nSPS) is 16.9. The average Bonchev–Trinajstić information content (AvgIpc) is 3.22. The summed E-state index contributed by atoms with van der Waals surface area (Å²) in [4.78, 5) is 6.37. The fraction of sp³-hybridized carbons (Fsp3) is 0.409. The van der Waals surface area contributed by atoms with E-state index in [2.05, 4.69) is 20.5 Å². The lowest BCUT2D eigenvalue weighted by Gasteiger charge is -2.22. The van der Waals surface area contributed by atoms with Crippen molar-refractivity contribution in [1.82, 2.24) is 10.6 Å². The third-order valence-corrected chi connectivity index (χ3v) is 6.82. The second-order valence-electron chi connectivity index (χ2n) is 7.26. The van der Waals surface area contributed by atoms with Gasteiger partial charge in [0.15, 0.2) is 15.8 Å². The quantitative estimate of drug-likeness (QED) is 0.477. The standard InChI is InChI=1S/C22H29FN4O3S/c1-3-24-22(25-13-15-31(28,29)21-11-7-4-8-18(21)23)26-17-12-14-27(16-17)19-9-5-6-10-20(19)30-2/h4-11,17H,3,12-16H2,1-2H3,(H2,24,25,26). The third kappa shape index (κ3) is 5.88. The number of sulfone groups is 1. The Hall–Kier alpha value is -2.81. The third-order valence-electron chi connectivity index (χ3n) is 5.10. The van der Waals surface area contributed by atoms with Gasteiger partial charge in [0.1, 0.15) is 16.5 Å². The number of anilines is 1. The number of para-hydroxylation sites is 2. The molecule has 0 bridgehead atoms. The van der Waals surface area contributed by atoms with Crippen LogP contribution in [0.25, 0.3) is 0 Å². The van der Waals surface area contributed by atoms with Gasteiger partial charge in [-0.25, -0.2) is 12.8 Å². The van der Waals surface area contributed by atoms with Gasteiger partial charge in [-0.1, -0.05) is 24.3 Å². The van der Waals surface area contributed by atoms with E-state index in [4.69, 9.17) is 4.74 Å². The zero-order valence-corrected chi connectivity index (χ0v) is 18.7. The van der Waals surface area contributed by atoms with Crippen LogP contribution in [0.3, 0.4) is 0 Å². The molecule has 2 N–H and O–H groups in total. The van der Waals surface area contributed by atoms with Crippen molar-refractivity contribution in [3.63, 3.8) is 0 Å². The van der Waals surface area contributed by atoms with E-state index in [1.165, 1.54) is 18.2 Å². The van der Waals surface area contributed by atoms with E-state index < -0.39 is 15.7 Å². The Morgan fingerprint density at radius 3 is 2.71 bits per heavy atom. The zero-order valence-electron chi connectivity index (χ0n) is 17.8. The van der Waals surface area contributed by atoms with Crippen molar-refractivity contribution in [1.29, 1.82) is 0 Å². The van der Waals surface area contributed by atoms with E-state index in [1.54, 1.807) is 7.11 Å². The number of ether oxygens (including phenoxy) is 1. The first-order chi connectivity index (χ1) is 14.9. The molecule has 0 amide bonds. The monoisotopic (exact) mass is 448 g/mol. The highest BCUT2D eigenvalue weighted by molar-refractivity contribution is 7.91. The highest BCUT2D eigenvalue weighted by Gasteiger charge is 2.25. The number of hydrogen-bond donors (Lipinski definition) is 2. The lowest BCUT2D eigenvalue weighted by molar-refractivity contribution is 0.415. The minimum atomic E-state index is -3.74. The molecule has 1 atom stereocenters. The number of benzene rings is 2. The summed E-state index contributed by atoms with van der Waals surface area (Å²) in [7, 11) is -2.08. The lowest BCUT2D eigenvalue weighted by Crippen LogP contribution is -2.44. The van der Waals surface area contributed by atoms with Gasteiger partial charge in [-0.15, -0.1) is 0 Å². The van der Waals surface area contributed by atoms with Gasteiger partial charge in [-0.05, 0) is 37.6 Å². The highest BCUT2D eigenvalue weighted by Crippen LogP contribution is 2.30. The van der Waals surface area contributed by atoms with Crippen LogP contribution in [0, 0.1) is 5.82 Å². The van der Waals surface area contributed by atoms with Gasteiger partial charge >= 0.3 is 0 Å². The number of aliphatic imine (C=N–C) groups is 1. The Labute approximate surface area is 183 Å². The zero-order chi connectivity index (χ0) is 22.3. The molecule has 0 spiro atoms. The summed E-state index contributed by atoms with van der Waals surface area (Å²) >= 11 is 0. The van der Waals surface area contributed by atoms with Gasteiger partial charge in [0.05, 0.1) is 25.1 Å². The van der Waals surface area contributed by atoms with Gasteiger partial charge in [-0.3, -0.25) is 4.99 Å². The van der Waals surface area contributed by atoms with E-state index in [0.29, 0.717) is 12.5 Å². The van der Waals surface area contributed by atoms with Crippen LogP contribution in [-0.2, 0) is 9.84 Å². The molecule has 3 rings (SSSR count). The van der Waals surface area contributed by atoms with E-state index in [1.807, 2.05) is 31.2 Å². The van der Waals surface area contributed by atoms with Crippen LogP contribution in [0.4, 0.5) is 10.1 Å². The van der Waals surface area contributed by atoms with Crippen LogP contribution in [0.5, 0.6) is 5.75 Å². The summed E-state index contributed by atoms with van der Waals surface area (Å²) in [6, 6.07) is 13.5. The number of rotatable bonds is 8. The molecule has 1 fully saturated rings. The smallest absolute Gasteiger partial charge is 0.191 e. The Kier molecular flexibility index (Phi) is 7.73. The van der Waals surface area contributed by atoms with Gasteiger partial charge in [0, 0.05) is 25.7 Å². The fourth-order valence-electron chi connectivity index (χ4n) is 3.59. The molecule has 0 aliphatic carbocycles. The van der Waals surface area contributed by atoms with Crippen LogP contribution >= 0.6 is 0 Å². The summed E-state index contributed by atoms with van der Waals surface area (Å²) in [6.07, 6.45) is 0.913. The minimum Gasteiger partial charge on any atom is -0.495 e. The number of hydrogen-bond acceptors (Lipinski definition) is 5. The first kappa shape index (κ1) is 22.9. The number of halogens is 1. The summed E-state index contributed by atoms with van der Waals surface area (Å²) in [5.74, 6) is 0.391. The van der Waals surface area contributed by atoms with Crippen molar-refractivity contribution >= 4 is 21.5 Å². The maximum Gasteiger partial charge on any atom is 0.191 e. The van der Waals surface area contributed by atoms with Gasteiger partial charge in [0.25, 0.3) is 0 Å². The molecule has 0 radical (unpaired) electrons. The van der Waals surface area contributed by atoms with Crippen molar-refractivity contribution in [3.05, 3.63) is 54.3 Å². The van der Waals surface area contributed by atoms with Crippen molar-refractivity contribution in [2.45, 2.75) is 24.3 Å². The molecule has 1 aliphatic rings. The van der Waals surface area contributed by atoms with E-state index in [-0.39, 0.29) is 23.2 Å². The molecule has 7 nitrogen and oxygen atoms in total. The highest BCUT2D eigenvalue weighted by atomic mass is 32.2. The van der Waals surface area contributed by atoms with Crippen LogP contribution in [-0.4, -0.2) is 59.5 Å². The van der Waals surface area contributed by atoms with Crippen LogP contribution < -0.4 is 20.3 Å². The Morgan fingerprint density at radius 2 is 1.97 bits per heavy atom. The molecule has 168 valence electrons. The maximum absolute atomic E-state index is 13.8. The molecule has 1 unspecified atom stereocenters. The Bertz CT molecular complexity index is 1010. The van der Waals surface area contributed by atoms with Crippen LogP contribution in [0.15, 0.2) is 58.4 Å². The minimum absolute atomic E-state index is 0.0367. The number of guanidine groups is 1. The van der Waals surface area contributed by atoms with Gasteiger partial charge in [0.2, 0.25) is 0 Å². The summed E-state index contributed by atoms with van der Waals surface area (Å²) in [6.45, 7) is 4.28. The fourth-order valence-corrected chi connectivity index (χ4v) is 4.79. The largest absolute Gasteiger partial charge is 0.495 e. The van der Waals surface area contributed by atoms with Gasteiger partial charge in [-0.2, -0.15) is 0 Å². The molecule has 31 heavy (non-hydrogen) atoms. The Balaban J connectivity index is 1.61. The van der Waals surface area contributed by atoms with E-state index >= 15 is 0 Å². The van der Waals surface area contributed by atoms with Crippen LogP contribution in [0.2, 0.25) is 0 Å². The predicted octanol–water partition coefficient (Wildman–Crippen LogP) is 2.44.